The SMILES string of the molecule is CC(C)(C)OC(=O)N1CCN(Cc2cc(OS(=O)(=O)C(F)(F)F)ccc2-c2ccc(Cl)cc2)CC1. The average molecular weight is 535 g/mol. The van der Waals surface area contributed by atoms with E-state index in [0.717, 1.165) is 5.56 Å². The van der Waals surface area contributed by atoms with Gasteiger partial charge in [-0.3, -0.25) is 4.90 Å². The van der Waals surface area contributed by atoms with Gasteiger partial charge in [-0.25, -0.2) is 4.79 Å². The number of benzene rings is 2. The molecule has 1 aliphatic heterocycles. The second-order valence-corrected chi connectivity index (χ2v) is 11.0. The van der Waals surface area contributed by atoms with Crippen molar-refractivity contribution in [3.05, 3.63) is 53.1 Å². The Morgan fingerprint density at radius 1 is 1.00 bits per heavy atom. The summed E-state index contributed by atoms with van der Waals surface area (Å²) in [6.07, 6.45) is -0.410. The monoisotopic (exact) mass is 534 g/mol. The van der Waals surface area contributed by atoms with Gasteiger partial charge in [-0.2, -0.15) is 21.6 Å². The summed E-state index contributed by atoms with van der Waals surface area (Å²) in [5.74, 6) is -0.442. The molecule has 1 amide bonds. The van der Waals surface area contributed by atoms with Gasteiger partial charge in [0.25, 0.3) is 0 Å². The molecule has 0 radical (unpaired) electrons. The number of piperazine rings is 1. The van der Waals surface area contributed by atoms with E-state index < -0.39 is 33.1 Å². The van der Waals surface area contributed by atoms with Crippen LogP contribution in [0.3, 0.4) is 0 Å². The number of alkyl halides is 3. The lowest BCUT2D eigenvalue weighted by Crippen LogP contribution is -2.49. The number of carbonyl (C=O) groups is 1. The first-order valence-corrected chi connectivity index (χ1v) is 12.5. The Hall–Kier alpha value is -2.50. The van der Waals surface area contributed by atoms with Crippen molar-refractivity contribution in [1.82, 2.24) is 9.80 Å². The molecule has 0 aromatic heterocycles. The molecule has 1 saturated heterocycles. The molecule has 0 spiro atoms. The summed E-state index contributed by atoms with van der Waals surface area (Å²) >= 11 is 5.97. The summed E-state index contributed by atoms with van der Waals surface area (Å²) in [4.78, 5) is 15.9. The normalized spacial score (nSPS) is 15.7. The number of ether oxygens (including phenoxy) is 1. The maximum atomic E-state index is 12.8. The highest BCUT2D eigenvalue weighted by molar-refractivity contribution is 7.88. The van der Waals surface area contributed by atoms with Gasteiger partial charge in [-0.1, -0.05) is 29.8 Å². The highest BCUT2D eigenvalue weighted by Gasteiger charge is 2.48. The fourth-order valence-electron chi connectivity index (χ4n) is 3.49. The molecule has 0 bridgehead atoms. The third-order valence-electron chi connectivity index (χ3n) is 5.14. The second kappa shape index (κ2) is 10.2. The summed E-state index contributed by atoms with van der Waals surface area (Å²) < 4.78 is 71.1. The molecular weight excluding hydrogens is 509 g/mol. The summed E-state index contributed by atoms with van der Waals surface area (Å²) in [6.45, 7) is 7.45. The quantitative estimate of drug-likeness (QED) is 0.383. The molecule has 7 nitrogen and oxygen atoms in total. The Kier molecular flexibility index (Phi) is 7.93. The molecule has 2 aromatic carbocycles. The lowest BCUT2D eigenvalue weighted by atomic mass is 9.99. The van der Waals surface area contributed by atoms with Crippen LogP contribution in [0.5, 0.6) is 5.75 Å². The van der Waals surface area contributed by atoms with Crippen LogP contribution in [0.2, 0.25) is 5.02 Å². The van der Waals surface area contributed by atoms with Crippen LogP contribution in [-0.2, 0) is 21.4 Å². The minimum absolute atomic E-state index is 0.295. The average Bonchev–Trinajstić information content (AvgIpc) is 2.73. The largest absolute Gasteiger partial charge is 0.534 e. The zero-order valence-electron chi connectivity index (χ0n) is 19.4. The molecule has 0 unspecified atom stereocenters. The molecule has 0 saturated carbocycles. The van der Waals surface area contributed by atoms with Crippen LogP contribution < -0.4 is 4.18 Å². The molecule has 12 heteroatoms. The number of rotatable bonds is 5. The highest BCUT2D eigenvalue weighted by atomic mass is 35.5. The molecule has 1 heterocycles. The van der Waals surface area contributed by atoms with Gasteiger partial charge >= 0.3 is 21.7 Å². The third kappa shape index (κ3) is 7.25. The first kappa shape index (κ1) is 27.1. The summed E-state index contributed by atoms with van der Waals surface area (Å²) in [7, 11) is -5.80. The smallest absolute Gasteiger partial charge is 0.444 e. The summed E-state index contributed by atoms with van der Waals surface area (Å²) in [6, 6.07) is 10.8. The van der Waals surface area contributed by atoms with E-state index in [0.29, 0.717) is 48.9 Å². The van der Waals surface area contributed by atoms with Crippen LogP contribution in [0, 0.1) is 0 Å². The van der Waals surface area contributed by atoms with E-state index in [1.807, 2.05) is 4.90 Å². The van der Waals surface area contributed by atoms with Gasteiger partial charge in [-0.15, -0.1) is 0 Å². The molecule has 192 valence electrons. The summed E-state index contributed by atoms with van der Waals surface area (Å²) in [5.41, 5.74) is -4.15. The highest BCUT2D eigenvalue weighted by Crippen LogP contribution is 2.32. The lowest BCUT2D eigenvalue weighted by molar-refractivity contribution is -0.0500. The van der Waals surface area contributed by atoms with E-state index in [1.54, 1.807) is 49.9 Å². The molecular formula is C23H26ClF3N2O5S. The number of hydrogen-bond donors (Lipinski definition) is 0. The van der Waals surface area contributed by atoms with Crippen molar-refractivity contribution in [3.63, 3.8) is 0 Å². The van der Waals surface area contributed by atoms with E-state index in [4.69, 9.17) is 16.3 Å². The number of carbonyl (C=O) groups excluding carboxylic acids is 1. The molecule has 1 fully saturated rings. The van der Waals surface area contributed by atoms with E-state index >= 15 is 0 Å². The number of halogens is 4. The predicted octanol–water partition coefficient (Wildman–Crippen LogP) is 5.29. The Morgan fingerprint density at radius 3 is 2.14 bits per heavy atom. The van der Waals surface area contributed by atoms with Crippen LogP contribution in [0.15, 0.2) is 42.5 Å². The van der Waals surface area contributed by atoms with Crippen molar-refractivity contribution >= 4 is 27.8 Å². The Labute approximate surface area is 207 Å². The number of hydrogen-bond acceptors (Lipinski definition) is 6. The van der Waals surface area contributed by atoms with Crippen molar-refractivity contribution in [2.45, 2.75) is 38.4 Å². The minimum atomic E-state index is -5.80. The maximum absolute atomic E-state index is 12.8. The van der Waals surface area contributed by atoms with Crippen LogP contribution in [0.25, 0.3) is 11.1 Å². The van der Waals surface area contributed by atoms with E-state index in [2.05, 4.69) is 4.18 Å². The van der Waals surface area contributed by atoms with Crippen molar-refractivity contribution in [3.8, 4) is 16.9 Å². The summed E-state index contributed by atoms with van der Waals surface area (Å²) in [5, 5.41) is 0.518. The van der Waals surface area contributed by atoms with Crippen LogP contribution >= 0.6 is 11.6 Å². The van der Waals surface area contributed by atoms with Crippen molar-refractivity contribution in [2.75, 3.05) is 26.2 Å². The molecule has 0 aliphatic carbocycles. The van der Waals surface area contributed by atoms with Crippen molar-refractivity contribution in [2.24, 2.45) is 0 Å². The first-order valence-electron chi connectivity index (χ1n) is 10.7. The van der Waals surface area contributed by atoms with E-state index in [1.165, 1.54) is 18.2 Å². The van der Waals surface area contributed by atoms with Gasteiger partial charge in [0.1, 0.15) is 11.4 Å². The molecule has 35 heavy (non-hydrogen) atoms. The molecule has 0 N–H and O–H groups in total. The van der Waals surface area contributed by atoms with Gasteiger partial charge in [0.15, 0.2) is 0 Å². The molecule has 3 rings (SSSR count). The van der Waals surface area contributed by atoms with Gasteiger partial charge in [0.2, 0.25) is 0 Å². The zero-order valence-corrected chi connectivity index (χ0v) is 21.0. The van der Waals surface area contributed by atoms with Crippen LogP contribution in [0.4, 0.5) is 18.0 Å². The Balaban J connectivity index is 1.82. The Morgan fingerprint density at radius 2 is 1.60 bits per heavy atom. The molecule has 0 atom stereocenters. The van der Waals surface area contributed by atoms with Crippen LogP contribution in [-0.4, -0.2) is 61.6 Å². The van der Waals surface area contributed by atoms with Gasteiger partial charge in [-0.05, 0) is 61.7 Å². The third-order valence-corrected chi connectivity index (χ3v) is 6.37. The predicted molar refractivity (Wildman–Crippen MR) is 126 cm³/mol. The van der Waals surface area contributed by atoms with Crippen molar-refractivity contribution in [1.29, 1.82) is 0 Å². The standard InChI is InChI=1S/C23H26ClF3N2O5S/c1-22(2,3)33-21(30)29-12-10-28(11-13-29)15-17-14-19(34-35(31,32)23(25,26)27)8-9-20(17)16-4-6-18(24)7-5-16/h4-9,14H,10-13,15H2,1-3H3. The topological polar surface area (TPSA) is 76.2 Å². The maximum Gasteiger partial charge on any atom is 0.534 e. The second-order valence-electron chi connectivity index (χ2n) is 9.05. The molecule has 2 aromatic rings. The van der Waals surface area contributed by atoms with Gasteiger partial charge < -0.3 is 13.8 Å². The van der Waals surface area contributed by atoms with Gasteiger partial charge in [0.05, 0.1) is 0 Å². The minimum Gasteiger partial charge on any atom is -0.444 e. The Bertz CT molecular complexity index is 1160. The first-order chi connectivity index (χ1) is 16.1. The number of nitrogens with zero attached hydrogens (tertiary/aromatic N) is 2. The van der Waals surface area contributed by atoms with E-state index in [9.17, 15) is 26.4 Å². The number of amides is 1. The molecule has 1 aliphatic rings. The van der Waals surface area contributed by atoms with Crippen LogP contribution in [0.1, 0.15) is 26.3 Å². The fraction of sp³-hybridized carbons (Fsp3) is 0.435. The van der Waals surface area contributed by atoms with E-state index in [-0.39, 0.29) is 0 Å². The van der Waals surface area contributed by atoms with Gasteiger partial charge in [0, 0.05) is 37.7 Å². The zero-order chi connectivity index (χ0) is 26.0. The lowest BCUT2D eigenvalue weighted by Gasteiger charge is -2.35. The fourth-order valence-corrected chi connectivity index (χ4v) is 4.07. The van der Waals surface area contributed by atoms with Crippen molar-refractivity contribution < 1.29 is 35.3 Å².